The Morgan fingerprint density at radius 3 is 2.77 bits per heavy atom. The molecule has 3 aromatic rings. The third kappa shape index (κ3) is 2.50. The van der Waals surface area contributed by atoms with Crippen LogP contribution in [0.1, 0.15) is 5.56 Å². The van der Waals surface area contributed by atoms with E-state index in [4.69, 9.17) is 4.63 Å². The van der Waals surface area contributed by atoms with Crippen LogP contribution in [0.5, 0.6) is 0 Å². The van der Waals surface area contributed by atoms with E-state index in [0.717, 1.165) is 55.1 Å². The van der Waals surface area contributed by atoms with Gasteiger partial charge in [-0.25, -0.2) is 9.61 Å². The van der Waals surface area contributed by atoms with Crippen molar-refractivity contribution in [1.82, 2.24) is 25.2 Å². The summed E-state index contributed by atoms with van der Waals surface area (Å²) >= 11 is 0. The fourth-order valence-electron chi connectivity index (χ4n) is 2.82. The number of hydrogen-bond donors (Lipinski definition) is 0. The van der Waals surface area contributed by atoms with Crippen LogP contribution in [0.3, 0.4) is 0 Å². The van der Waals surface area contributed by atoms with Gasteiger partial charge in [-0.15, -0.1) is 0 Å². The second-order valence-corrected chi connectivity index (χ2v) is 5.38. The zero-order valence-electron chi connectivity index (χ0n) is 12.1. The molecule has 0 bridgehead atoms. The number of aromatic nitrogens is 4. The molecule has 0 atom stereocenters. The molecule has 112 valence electrons. The highest BCUT2D eigenvalue weighted by Gasteiger charge is 2.19. The Morgan fingerprint density at radius 1 is 1.05 bits per heavy atom. The minimum absolute atomic E-state index is 0.815. The van der Waals surface area contributed by atoms with Crippen LogP contribution in [-0.2, 0) is 6.54 Å². The Balaban J connectivity index is 1.43. The lowest BCUT2D eigenvalue weighted by molar-refractivity contribution is 0.249. The minimum Gasteiger partial charge on any atom is -0.353 e. The van der Waals surface area contributed by atoms with Crippen molar-refractivity contribution in [3.05, 3.63) is 42.4 Å². The summed E-state index contributed by atoms with van der Waals surface area (Å²) in [6, 6.07) is 6.00. The monoisotopic (exact) mass is 296 g/mol. The molecule has 0 amide bonds. The van der Waals surface area contributed by atoms with E-state index in [2.05, 4.69) is 36.1 Å². The molecular weight excluding hydrogens is 280 g/mol. The molecule has 22 heavy (non-hydrogen) atoms. The molecular formula is C15H16N6O. The van der Waals surface area contributed by atoms with Crippen molar-refractivity contribution in [3.8, 4) is 0 Å². The third-order valence-corrected chi connectivity index (χ3v) is 4.01. The predicted octanol–water partition coefficient (Wildman–Crippen LogP) is 1.33. The first-order valence-electron chi connectivity index (χ1n) is 7.33. The average Bonchev–Trinajstić information content (AvgIpc) is 3.06. The Labute approximate surface area is 127 Å². The normalized spacial score (nSPS) is 16.3. The van der Waals surface area contributed by atoms with Crippen molar-refractivity contribution in [2.45, 2.75) is 6.54 Å². The van der Waals surface area contributed by atoms with Gasteiger partial charge in [0.05, 0.1) is 6.20 Å². The van der Waals surface area contributed by atoms with Gasteiger partial charge in [-0.3, -0.25) is 9.88 Å². The van der Waals surface area contributed by atoms with Gasteiger partial charge in [0.25, 0.3) is 0 Å². The Bertz CT molecular complexity index is 751. The van der Waals surface area contributed by atoms with Gasteiger partial charge >= 0.3 is 0 Å². The number of anilines is 1. The number of rotatable bonds is 3. The lowest BCUT2D eigenvalue weighted by Gasteiger charge is -2.35. The molecule has 0 aliphatic carbocycles. The molecule has 0 N–H and O–H groups in total. The molecule has 7 nitrogen and oxygen atoms in total. The van der Waals surface area contributed by atoms with Gasteiger partial charge in [0.15, 0.2) is 0 Å². The average molecular weight is 296 g/mol. The van der Waals surface area contributed by atoms with E-state index in [1.54, 1.807) is 12.4 Å². The number of nitrogens with zero attached hydrogens (tertiary/aromatic N) is 6. The van der Waals surface area contributed by atoms with Gasteiger partial charge in [0.1, 0.15) is 16.9 Å². The molecule has 1 saturated heterocycles. The Kier molecular flexibility index (Phi) is 3.40. The zero-order valence-corrected chi connectivity index (χ0v) is 12.1. The SMILES string of the molecule is c1cc(CN2CCN(c3cnccn3)CC2)c2nonc2c1. The molecule has 0 unspecified atom stereocenters. The minimum atomic E-state index is 0.815. The van der Waals surface area contributed by atoms with Crippen LogP contribution in [0.15, 0.2) is 41.4 Å². The molecule has 4 rings (SSSR count). The number of fused-ring (bicyclic) bond motifs is 1. The summed E-state index contributed by atoms with van der Waals surface area (Å²) in [5, 5.41) is 7.90. The molecule has 1 aliphatic rings. The molecule has 1 aliphatic heterocycles. The zero-order chi connectivity index (χ0) is 14.8. The van der Waals surface area contributed by atoms with E-state index in [1.807, 2.05) is 18.3 Å². The van der Waals surface area contributed by atoms with Gasteiger partial charge < -0.3 is 4.90 Å². The highest BCUT2D eigenvalue weighted by atomic mass is 16.6. The summed E-state index contributed by atoms with van der Waals surface area (Å²) in [6.45, 7) is 4.73. The van der Waals surface area contributed by atoms with Crippen LogP contribution >= 0.6 is 0 Å². The van der Waals surface area contributed by atoms with E-state index in [-0.39, 0.29) is 0 Å². The first-order chi connectivity index (χ1) is 10.9. The molecule has 7 heteroatoms. The van der Waals surface area contributed by atoms with Crippen LogP contribution < -0.4 is 4.90 Å². The van der Waals surface area contributed by atoms with E-state index in [1.165, 1.54) is 0 Å². The van der Waals surface area contributed by atoms with Crippen molar-refractivity contribution in [2.24, 2.45) is 0 Å². The summed E-state index contributed by atoms with van der Waals surface area (Å²) in [7, 11) is 0. The predicted molar refractivity (Wildman–Crippen MR) is 81.3 cm³/mol. The first-order valence-corrected chi connectivity index (χ1v) is 7.33. The second-order valence-electron chi connectivity index (χ2n) is 5.38. The van der Waals surface area contributed by atoms with E-state index in [0.29, 0.717) is 0 Å². The van der Waals surface area contributed by atoms with Gasteiger partial charge in [-0.05, 0) is 21.9 Å². The van der Waals surface area contributed by atoms with Crippen molar-refractivity contribution >= 4 is 16.9 Å². The molecule has 0 radical (unpaired) electrons. The van der Waals surface area contributed by atoms with E-state index >= 15 is 0 Å². The highest BCUT2D eigenvalue weighted by molar-refractivity contribution is 5.76. The van der Waals surface area contributed by atoms with Crippen LogP contribution in [0.4, 0.5) is 5.82 Å². The maximum atomic E-state index is 4.83. The van der Waals surface area contributed by atoms with Crippen molar-refractivity contribution in [1.29, 1.82) is 0 Å². The van der Waals surface area contributed by atoms with Gasteiger partial charge in [-0.1, -0.05) is 12.1 Å². The molecule has 3 heterocycles. The third-order valence-electron chi connectivity index (χ3n) is 4.01. The summed E-state index contributed by atoms with van der Waals surface area (Å²) in [5.74, 6) is 0.949. The molecule has 1 aromatic carbocycles. The molecule has 1 fully saturated rings. The lowest BCUT2D eigenvalue weighted by atomic mass is 10.1. The maximum Gasteiger partial charge on any atom is 0.147 e. The van der Waals surface area contributed by atoms with Crippen molar-refractivity contribution in [2.75, 3.05) is 31.1 Å². The molecule has 2 aromatic heterocycles. The smallest absolute Gasteiger partial charge is 0.147 e. The number of piperazine rings is 1. The Hall–Kier alpha value is -2.54. The van der Waals surface area contributed by atoms with Crippen LogP contribution in [0.2, 0.25) is 0 Å². The summed E-state index contributed by atoms with van der Waals surface area (Å²) in [5.41, 5.74) is 2.83. The summed E-state index contributed by atoms with van der Waals surface area (Å²) in [6.07, 6.45) is 5.25. The van der Waals surface area contributed by atoms with Gasteiger partial charge in [0.2, 0.25) is 0 Å². The van der Waals surface area contributed by atoms with Gasteiger partial charge in [-0.2, -0.15) is 0 Å². The molecule has 0 spiro atoms. The maximum absolute atomic E-state index is 4.83. The quantitative estimate of drug-likeness (QED) is 0.722. The van der Waals surface area contributed by atoms with Crippen LogP contribution in [0, 0.1) is 0 Å². The molecule has 0 saturated carbocycles. The number of hydrogen-bond acceptors (Lipinski definition) is 7. The topological polar surface area (TPSA) is 71.2 Å². The fraction of sp³-hybridized carbons (Fsp3) is 0.333. The number of benzene rings is 1. The standard InChI is InChI=1S/C15H16N6O/c1-2-12(15-13(3-1)18-22-19-15)11-20-6-8-21(9-7-20)14-10-16-4-5-17-14/h1-5,10H,6-9,11H2. The van der Waals surface area contributed by atoms with E-state index < -0.39 is 0 Å². The van der Waals surface area contributed by atoms with Gasteiger partial charge in [0, 0.05) is 45.1 Å². The van der Waals surface area contributed by atoms with Crippen LogP contribution in [0.25, 0.3) is 11.0 Å². The largest absolute Gasteiger partial charge is 0.353 e. The fourth-order valence-corrected chi connectivity index (χ4v) is 2.82. The Morgan fingerprint density at radius 2 is 1.95 bits per heavy atom. The summed E-state index contributed by atoms with van der Waals surface area (Å²) < 4.78 is 4.83. The van der Waals surface area contributed by atoms with Crippen LogP contribution in [-0.4, -0.2) is 51.4 Å². The van der Waals surface area contributed by atoms with Crippen molar-refractivity contribution in [3.63, 3.8) is 0 Å². The lowest BCUT2D eigenvalue weighted by Crippen LogP contribution is -2.46. The van der Waals surface area contributed by atoms with E-state index in [9.17, 15) is 0 Å². The van der Waals surface area contributed by atoms with Crippen molar-refractivity contribution < 1.29 is 4.63 Å². The first kappa shape index (κ1) is 13.1. The summed E-state index contributed by atoms with van der Waals surface area (Å²) in [4.78, 5) is 13.2. The second kappa shape index (κ2) is 5.69. The highest BCUT2D eigenvalue weighted by Crippen LogP contribution is 2.18.